The highest BCUT2D eigenvalue weighted by atomic mass is 16.6. The second kappa shape index (κ2) is 10.2. The van der Waals surface area contributed by atoms with Crippen LogP contribution in [-0.4, -0.2) is 17.0 Å². The van der Waals surface area contributed by atoms with Crippen LogP contribution in [0.15, 0.2) is 91.0 Å². The summed E-state index contributed by atoms with van der Waals surface area (Å²) in [7, 11) is 0. The van der Waals surface area contributed by atoms with Gasteiger partial charge in [-0.1, -0.05) is 91.0 Å². The van der Waals surface area contributed by atoms with Gasteiger partial charge in [0.15, 0.2) is 0 Å². The van der Waals surface area contributed by atoms with E-state index in [-0.39, 0.29) is 18.7 Å². The molecular weight excluding hydrogens is 396 g/mol. The van der Waals surface area contributed by atoms with Crippen LogP contribution in [0.3, 0.4) is 0 Å². The maximum Gasteiger partial charge on any atom is 0.410 e. The predicted molar refractivity (Wildman–Crippen MR) is 125 cm³/mol. The molecule has 3 aromatic carbocycles. The van der Waals surface area contributed by atoms with Crippen LogP contribution in [0, 0.1) is 11.3 Å². The molecule has 1 aliphatic rings. The molecule has 0 bridgehead atoms. The van der Waals surface area contributed by atoms with Gasteiger partial charge in [-0.15, -0.1) is 0 Å². The van der Waals surface area contributed by atoms with E-state index in [1.54, 1.807) is 0 Å². The molecule has 1 fully saturated rings. The topological polar surface area (TPSA) is 53.3 Å². The molecule has 0 saturated heterocycles. The van der Waals surface area contributed by atoms with E-state index in [4.69, 9.17) is 4.74 Å². The van der Waals surface area contributed by atoms with E-state index in [0.717, 1.165) is 42.4 Å². The lowest BCUT2D eigenvalue weighted by atomic mass is 9.69. The molecule has 3 aromatic rings. The van der Waals surface area contributed by atoms with Gasteiger partial charge < -0.3 is 9.64 Å². The zero-order chi connectivity index (χ0) is 22.2. The SMILES string of the molecule is N#CC1(c2ccccc2)CCC(N(Cc2ccccc2)C(=O)OCc2ccccc2)CC1. The van der Waals surface area contributed by atoms with Crippen LogP contribution in [0.25, 0.3) is 0 Å². The molecule has 1 saturated carbocycles. The van der Waals surface area contributed by atoms with Gasteiger partial charge in [0.05, 0.1) is 11.5 Å². The largest absolute Gasteiger partial charge is 0.445 e. The third-order valence-electron chi connectivity index (χ3n) is 6.43. The van der Waals surface area contributed by atoms with Crippen molar-refractivity contribution in [3.63, 3.8) is 0 Å². The summed E-state index contributed by atoms with van der Waals surface area (Å²) in [5.41, 5.74) is 2.63. The normalized spacial score (nSPS) is 20.2. The molecule has 0 aliphatic heterocycles. The number of rotatable bonds is 6. The number of carbonyl (C=O) groups is 1. The van der Waals surface area contributed by atoms with E-state index in [1.165, 1.54) is 0 Å². The standard InChI is InChI=1S/C28H28N2O2/c29-22-28(25-14-8-3-9-15-25)18-16-26(17-19-28)30(20-23-10-4-1-5-11-23)27(31)32-21-24-12-6-2-7-13-24/h1-15,26H,16-21H2. The average molecular weight is 425 g/mol. The highest BCUT2D eigenvalue weighted by Crippen LogP contribution is 2.40. The van der Waals surface area contributed by atoms with E-state index in [2.05, 4.69) is 6.07 Å². The summed E-state index contributed by atoms with van der Waals surface area (Å²) < 4.78 is 5.70. The van der Waals surface area contributed by atoms with Crippen molar-refractivity contribution < 1.29 is 9.53 Å². The second-order valence-corrected chi connectivity index (χ2v) is 8.44. The Hall–Kier alpha value is -3.58. The number of amides is 1. The molecule has 0 heterocycles. The van der Waals surface area contributed by atoms with Crippen molar-refractivity contribution in [2.45, 2.75) is 50.3 Å². The summed E-state index contributed by atoms with van der Waals surface area (Å²) in [6.07, 6.45) is 2.71. The van der Waals surface area contributed by atoms with E-state index < -0.39 is 5.41 Å². The maximum atomic E-state index is 13.2. The van der Waals surface area contributed by atoms with Gasteiger partial charge in [-0.3, -0.25) is 0 Å². The number of hydrogen-bond donors (Lipinski definition) is 0. The Bertz CT molecular complexity index is 1040. The molecule has 0 atom stereocenters. The molecule has 162 valence electrons. The van der Waals surface area contributed by atoms with Crippen molar-refractivity contribution in [1.29, 1.82) is 5.26 Å². The Morgan fingerprint density at radius 2 is 1.41 bits per heavy atom. The van der Waals surface area contributed by atoms with E-state index >= 15 is 0 Å². The minimum Gasteiger partial charge on any atom is -0.445 e. The number of nitrogens with zero attached hydrogens (tertiary/aromatic N) is 2. The van der Waals surface area contributed by atoms with Crippen LogP contribution in [-0.2, 0) is 23.3 Å². The Labute approximate surface area is 190 Å². The highest BCUT2D eigenvalue weighted by Gasteiger charge is 2.40. The second-order valence-electron chi connectivity index (χ2n) is 8.44. The van der Waals surface area contributed by atoms with E-state index in [0.29, 0.717) is 6.54 Å². The Morgan fingerprint density at radius 3 is 1.97 bits per heavy atom. The van der Waals surface area contributed by atoms with Crippen LogP contribution in [0.1, 0.15) is 42.4 Å². The fraction of sp³-hybridized carbons (Fsp3) is 0.286. The van der Waals surface area contributed by atoms with E-state index in [1.807, 2.05) is 95.9 Å². The van der Waals surface area contributed by atoms with Gasteiger partial charge in [-0.05, 0) is 42.4 Å². The Morgan fingerprint density at radius 1 is 0.875 bits per heavy atom. The average Bonchev–Trinajstić information content (AvgIpc) is 2.88. The summed E-state index contributed by atoms with van der Waals surface area (Å²) in [4.78, 5) is 15.0. The molecule has 4 heteroatoms. The van der Waals surface area contributed by atoms with Crippen molar-refractivity contribution in [1.82, 2.24) is 4.90 Å². The Kier molecular flexibility index (Phi) is 6.87. The van der Waals surface area contributed by atoms with Gasteiger partial charge >= 0.3 is 6.09 Å². The lowest BCUT2D eigenvalue weighted by Gasteiger charge is -2.40. The lowest BCUT2D eigenvalue weighted by Crippen LogP contribution is -2.45. The van der Waals surface area contributed by atoms with Gasteiger partial charge in [0.25, 0.3) is 0 Å². The van der Waals surface area contributed by atoms with Crippen molar-refractivity contribution >= 4 is 6.09 Å². The molecule has 4 rings (SSSR count). The first kappa shape index (κ1) is 21.6. The van der Waals surface area contributed by atoms with Crippen molar-refractivity contribution in [2.75, 3.05) is 0 Å². The molecule has 0 aromatic heterocycles. The van der Waals surface area contributed by atoms with Crippen LogP contribution < -0.4 is 0 Å². The molecule has 0 spiro atoms. The highest BCUT2D eigenvalue weighted by molar-refractivity contribution is 5.68. The van der Waals surface area contributed by atoms with Crippen molar-refractivity contribution in [3.05, 3.63) is 108 Å². The lowest BCUT2D eigenvalue weighted by molar-refractivity contribution is 0.0639. The first-order valence-corrected chi connectivity index (χ1v) is 11.2. The zero-order valence-electron chi connectivity index (χ0n) is 18.2. The van der Waals surface area contributed by atoms with Crippen LogP contribution in [0.4, 0.5) is 4.79 Å². The number of hydrogen-bond acceptors (Lipinski definition) is 3. The first-order chi connectivity index (χ1) is 15.7. The quantitative estimate of drug-likeness (QED) is 0.471. The first-order valence-electron chi connectivity index (χ1n) is 11.2. The minimum absolute atomic E-state index is 0.0451. The van der Waals surface area contributed by atoms with Crippen LogP contribution >= 0.6 is 0 Å². The van der Waals surface area contributed by atoms with Gasteiger partial charge in [0.2, 0.25) is 0 Å². The maximum absolute atomic E-state index is 13.2. The predicted octanol–water partition coefficient (Wildman–Crippen LogP) is 6.23. The molecule has 32 heavy (non-hydrogen) atoms. The molecule has 0 radical (unpaired) electrons. The zero-order valence-corrected chi connectivity index (χ0v) is 18.2. The number of carbonyl (C=O) groups excluding carboxylic acids is 1. The third-order valence-corrected chi connectivity index (χ3v) is 6.43. The summed E-state index contributed by atoms with van der Waals surface area (Å²) in [6.45, 7) is 0.758. The molecular formula is C28H28N2O2. The molecule has 0 N–H and O–H groups in total. The summed E-state index contributed by atoms with van der Waals surface area (Å²) >= 11 is 0. The van der Waals surface area contributed by atoms with E-state index in [9.17, 15) is 10.1 Å². The molecule has 1 amide bonds. The van der Waals surface area contributed by atoms with Crippen LogP contribution in [0.2, 0.25) is 0 Å². The monoisotopic (exact) mass is 424 g/mol. The fourth-order valence-corrected chi connectivity index (χ4v) is 4.55. The molecule has 0 unspecified atom stereocenters. The minimum atomic E-state index is -0.482. The van der Waals surface area contributed by atoms with Gasteiger partial charge in [0.1, 0.15) is 6.61 Å². The number of ether oxygens (including phenoxy) is 1. The van der Waals surface area contributed by atoms with Crippen molar-refractivity contribution in [2.24, 2.45) is 0 Å². The van der Waals surface area contributed by atoms with Crippen molar-refractivity contribution in [3.8, 4) is 6.07 Å². The van der Waals surface area contributed by atoms with Gasteiger partial charge in [0, 0.05) is 12.6 Å². The van der Waals surface area contributed by atoms with Gasteiger partial charge in [-0.25, -0.2) is 4.79 Å². The van der Waals surface area contributed by atoms with Gasteiger partial charge in [-0.2, -0.15) is 5.26 Å². The van der Waals surface area contributed by atoms with Crippen LogP contribution in [0.5, 0.6) is 0 Å². The number of benzene rings is 3. The Balaban J connectivity index is 1.49. The molecule has 4 nitrogen and oxygen atoms in total. The number of nitriles is 1. The molecule has 1 aliphatic carbocycles. The smallest absolute Gasteiger partial charge is 0.410 e. The summed E-state index contributed by atoms with van der Waals surface area (Å²) in [5.74, 6) is 0. The summed E-state index contributed by atoms with van der Waals surface area (Å²) in [6, 6.07) is 32.4. The summed E-state index contributed by atoms with van der Waals surface area (Å²) in [5, 5.41) is 10.0. The fourth-order valence-electron chi connectivity index (χ4n) is 4.55. The third kappa shape index (κ3) is 5.00.